The zero-order chi connectivity index (χ0) is 11.5. The predicted octanol–water partition coefficient (Wildman–Crippen LogP) is 2.06. The van der Waals surface area contributed by atoms with Crippen molar-refractivity contribution in [3.8, 4) is 0 Å². The molecule has 4 heteroatoms. The van der Waals surface area contributed by atoms with Crippen molar-refractivity contribution in [2.75, 3.05) is 25.1 Å². The van der Waals surface area contributed by atoms with Crippen LogP contribution in [0, 0.1) is 0 Å². The van der Waals surface area contributed by atoms with E-state index in [1.165, 1.54) is 18.6 Å². The van der Waals surface area contributed by atoms with E-state index in [-0.39, 0.29) is 12.1 Å². The van der Waals surface area contributed by atoms with Crippen LogP contribution in [0.1, 0.15) is 33.1 Å². The molecule has 0 fully saturated rings. The second-order valence-electron chi connectivity index (χ2n) is 3.77. The van der Waals surface area contributed by atoms with Gasteiger partial charge < -0.3 is 10.1 Å². The monoisotopic (exact) mass is 233 g/mol. The van der Waals surface area contributed by atoms with Gasteiger partial charge in [0, 0.05) is 0 Å². The summed E-state index contributed by atoms with van der Waals surface area (Å²) in [5.41, 5.74) is 0. The van der Waals surface area contributed by atoms with Gasteiger partial charge in [-0.15, -0.1) is 0 Å². The van der Waals surface area contributed by atoms with Crippen molar-refractivity contribution in [1.82, 2.24) is 5.32 Å². The fraction of sp³-hybridized carbons (Fsp3) is 0.909. The minimum Gasteiger partial charge on any atom is -0.462 e. The van der Waals surface area contributed by atoms with Crippen LogP contribution in [0.2, 0.25) is 0 Å². The average Bonchev–Trinajstić information content (AvgIpc) is 2.15. The van der Waals surface area contributed by atoms with Crippen LogP contribution in [0.3, 0.4) is 0 Å². The molecular formula is C11H23NO2S. The van der Waals surface area contributed by atoms with E-state index in [2.05, 4.69) is 11.6 Å². The lowest BCUT2D eigenvalue weighted by Gasteiger charge is -2.08. The third kappa shape index (κ3) is 11.7. The summed E-state index contributed by atoms with van der Waals surface area (Å²) in [5.74, 6) is 1.07. The van der Waals surface area contributed by atoms with Crippen LogP contribution in [0.4, 0.5) is 0 Å². The molecular weight excluding hydrogens is 210 g/mol. The molecule has 0 aromatic heterocycles. The largest absolute Gasteiger partial charge is 0.462 e. The minimum atomic E-state index is -0.158. The molecule has 1 N–H and O–H groups in total. The fourth-order valence-electron chi connectivity index (χ4n) is 1.17. The highest BCUT2D eigenvalue weighted by Gasteiger charge is 2.03. The third-order valence-electron chi connectivity index (χ3n) is 1.84. The summed E-state index contributed by atoms with van der Waals surface area (Å²) in [7, 11) is 0. The van der Waals surface area contributed by atoms with E-state index in [1.54, 1.807) is 0 Å². The van der Waals surface area contributed by atoms with E-state index < -0.39 is 0 Å². The molecule has 0 unspecified atom stereocenters. The van der Waals surface area contributed by atoms with Crippen LogP contribution in [-0.4, -0.2) is 37.2 Å². The molecule has 0 atom stereocenters. The first-order chi connectivity index (χ1) is 7.16. The van der Waals surface area contributed by atoms with Gasteiger partial charge in [-0.3, -0.25) is 4.79 Å². The molecule has 15 heavy (non-hydrogen) atoms. The quantitative estimate of drug-likeness (QED) is 0.489. The Kier molecular flexibility index (Phi) is 10.2. The molecule has 0 saturated carbocycles. The molecule has 0 heterocycles. The summed E-state index contributed by atoms with van der Waals surface area (Å²) < 4.78 is 4.99. The maximum absolute atomic E-state index is 11.1. The van der Waals surface area contributed by atoms with E-state index in [0.717, 1.165) is 13.0 Å². The van der Waals surface area contributed by atoms with Crippen molar-refractivity contribution < 1.29 is 9.53 Å². The lowest BCUT2D eigenvalue weighted by atomic mass is 10.2. The zero-order valence-electron chi connectivity index (χ0n) is 10.0. The van der Waals surface area contributed by atoms with Crippen molar-refractivity contribution in [3.63, 3.8) is 0 Å². The van der Waals surface area contributed by atoms with Crippen LogP contribution < -0.4 is 5.32 Å². The van der Waals surface area contributed by atoms with Crippen LogP contribution in [0.5, 0.6) is 0 Å². The second kappa shape index (κ2) is 10.3. The number of rotatable bonds is 9. The van der Waals surface area contributed by atoms with Gasteiger partial charge >= 0.3 is 5.97 Å². The van der Waals surface area contributed by atoms with E-state index in [4.69, 9.17) is 4.74 Å². The molecule has 0 aliphatic carbocycles. The maximum Gasteiger partial charge on any atom is 0.320 e. The van der Waals surface area contributed by atoms with Gasteiger partial charge in [0.1, 0.15) is 0 Å². The van der Waals surface area contributed by atoms with Gasteiger partial charge in [0.25, 0.3) is 0 Å². The van der Waals surface area contributed by atoms with Gasteiger partial charge in [0.15, 0.2) is 0 Å². The van der Waals surface area contributed by atoms with Crippen molar-refractivity contribution in [2.45, 2.75) is 39.2 Å². The zero-order valence-corrected chi connectivity index (χ0v) is 10.9. The van der Waals surface area contributed by atoms with E-state index in [1.807, 2.05) is 25.6 Å². The lowest BCUT2D eigenvalue weighted by Crippen LogP contribution is -2.27. The Morgan fingerprint density at radius 2 is 2.07 bits per heavy atom. The van der Waals surface area contributed by atoms with Crippen molar-refractivity contribution in [2.24, 2.45) is 0 Å². The Labute approximate surface area is 97.3 Å². The first-order valence-electron chi connectivity index (χ1n) is 5.56. The molecule has 0 aromatic rings. The molecule has 0 aliphatic heterocycles. The lowest BCUT2D eigenvalue weighted by molar-refractivity contribution is -0.146. The smallest absolute Gasteiger partial charge is 0.320 e. The number of carbonyl (C=O) groups excluding carboxylic acids is 1. The van der Waals surface area contributed by atoms with Gasteiger partial charge in [-0.2, -0.15) is 11.8 Å². The molecule has 0 rings (SSSR count). The van der Waals surface area contributed by atoms with Crippen LogP contribution in [-0.2, 0) is 9.53 Å². The Morgan fingerprint density at radius 1 is 1.33 bits per heavy atom. The fourth-order valence-corrected chi connectivity index (χ4v) is 1.66. The van der Waals surface area contributed by atoms with Gasteiger partial charge in [-0.25, -0.2) is 0 Å². The maximum atomic E-state index is 11.1. The molecule has 0 radical (unpaired) electrons. The summed E-state index contributed by atoms with van der Waals surface area (Å²) in [6.45, 7) is 4.96. The topological polar surface area (TPSA) is 38.3 Å². The highest BCUT2D eigenvalue weighted by Crippen LogP contribution is 2.01. The Hall–Kier alpha value is -0.220. The van der Waals surface area contributed by atoms with Gasteiger partial charge in [0.05, 0.1) is 12.6 Å². The predicted molar refractivity (Wildman–Crippen MR) is 66.3 cm³/mol. The van der Waals surface area contributed by atoms with Gasteiger partial charge in [-0.1, -0.05) is 6.42 Å². The van der Waals surface area contributed by atoms with Crippen molar-refractivity contribution >= 4 is 17.7 Å². The molecule has 0 aromatic carbocycles. The standard InChI is InChI=1S/C11H23NO2S/c1-10(2)14-11(13)9-12-7-5-4-6-8-15-3/h10,12H,4-9H2,1-3H3. The first kappa shape index (κ1) is 14.8. The number of carbonyl (C=O) groups is 1. The summed E-state index contributed by atoms with van der Waals surface area (Å²) in [6.07, 6.45) is 5.74. The molecule has 0 aliphatic rings. The highest BCUT2D eigenvalue weighted by molar-refractivity contribution is 7.98. The van der Waals surface area contributed by atoms with Crippen LogP contribution >= 0.6 is 11.8 Å². The summed E-state index contributed by atoms with van der Waals surface area (Å²) in [4.78, 5) is 11.1. The van der Waals surface area contributed by atoms with Crippen molar-refractivity contribution in [1.29, 1.82) is 0 Å². The van der Waals surface area contributed by atoms with Gasteiger partial charge in [-0.05, 0) is 45.2 Å². The molecule has 0 bridgehead atoms. The second-order valence-corrected chi connectivity index (χ2v) is 4.75. The molecule has 0 spiro atoms. The molecule has 90 valence electrons. The number of nitrogens with one attached hydrogen (secondary N) is 1. The third-order valence-corrected chi connectivity index (χ3v) is 2.54. The number of unbranched alkanes of at least 4 members (excludes halogenated alkanes) is 2. The number of thioether (sulfide) groups is 1. The molecule has 0 saturated heterocycles. The number of ether oxygens (including phenoxy) is 1. The highest BCUT2D eigenvalue weighted by atomic mass is 32.2. The first-order valence-corrected chi connectivity index (χ1v) is 6.95. The molecule has 3 nitrogen and oxygen atoms in total. The Morgan fingerprint density at radius 3 is 2.67 bits per heavy atom. The van der Waals surface area contributed by atoms with Crippen LogP contribution in [0.25, 0.3) is 0 Å². The van der Waals surface area contributed by atoms with E-state index >= 15 is 0 Å². The van der Waals surface area contributed by atoms with Crippen molar-refractivity contribution in [3.05, 3.63) is 0 Å². The molecule has 0 amide bonds. The normalized spacial score (nSPS) is 10.7. The van der Waals surface area contributed by atoms with Crippen LogP contribution in [0.15, 0.2) is 0 Å². The Balaban J connectivity index is 3.13. The Bertz CT molecular complexity index is 163. The van der Waals surface area contributed by atoms with E-state index in [9.17, 15) is 4.79 Å². The van der Waals surface area contributed by atoms with Gasteiger partial charge in [0.2, 0.25) is 0 Å². The summed E-state index contributed by atoms with van der Waals surface area (Å²) in [5, 5.41) is 3.09. The summed E-state index contributed by atoms with van der Waals surface area (Å²) >= 11 is 1.88. The average molecular weight is 233 g/mol. The summed E-state index contributed by atoms with van der Waals surface area (Å²) in [6, 6.07) is 0. The minimum absolute atomic E-state index is 0.0131. The SMILES string of the molecule is CSCCCCCNCC(=O)OC(C)C. The number of esters is 1. The van der Waals surface area contributed by atoms with E-state index in [0.29, 0.717) is 6.54 Å². The number of hydrogen-bond donors (Lipinski definition) is 1. The number of hydrogen-bond acceptors (Lipinski definition) is 4.